The van der Waals surface area contributed by atoms with E-state index in [-0.39, 0.29) is 28.0 Å². The SMILES string of the molecule is Cc1ccc(N2C(=O)c3oc4ccc(Cl)cc4c(=O)c3C2c2ccc([N+](=O)[O-])cc2)nc1. The number of pyridine rings is 1. The Morgan fingerprint density at radius 1 is 1.09 bits per heavy atom. The molecule has 0 saturated carbocycles. The van der Waals surface area contributed by atoms with Crippen molar-refractivity contribution in [2.75, 3.05) is 4.90 Å². The van der Waals surface area contributed by atoms with Crippen molar-refractivity contribution in [3.63, 3.8) is 0 Å². The van der Waals surface area contributed by atoms with E-state index in [2.05, 4.69) is 4.98 Å². The zero-order valence-corrected chi connectivity index (χ0v) is 17.4. The van der Waals surface area contributed by atoms with Crippen LogP contribution in [-0.2, 0) is 0 Å². The van der Waals surface area contributed by atoms with E-state index in [4.69, 9.17) is 16.0 Å². The first kappa shape index (κ1) is 19.9. The number of rotatable bonds is 3. The van der Waals surface area contributed by atoms with Gasteiger partial charge in [0.2, 0.25) is 5.76 Å². The third kappa shape index (κ3) is 3.04. The molecule has 4 aromatic rings. The maximum absolute atomic E-state index is 13.5. The summed E-state index contributed by atoms with van der Waals surface area (Å²) in [5, 5.41) is 11.7. The van der Waals surface area contributed by atoms with E-state index in [0.717, 1.165) is 5.56 Å². The fourth-order valence-corrected chi connectivity index (χ4v) is 4.05. The van der Waals surface area contributed by atoms with Gasteiger partial charge in [0.15, 0.2) is 5.43 Å². The van der Waals surface area contributed by atoms with Crippen LogP contribution >= 0.6 is 11.6 Å². The van der Waals surface area contributed by atoms with Crippen LogP contribution in [-0.4, -0.2) is 15.8 Å². The zero-order valence-electron chi connectivity index (χ0n) is 16.6. The molecule has 1 aliphatic heterocycles. The molecular formula is C23H14ClN3O5. The van der Waals surface area contributed by atoms with Crippen molar-refractivity contribution in [2.45, 2.75) is 13.0 Å². The standard InChI is InChI=1S/C23H14ClN3O5/c1-12-2-9-18(25-11-12)26-20(13-3-6-15(7-4-13)27(30)31)19-21(28)16-10-14(24)5-8-17(16)32-22(19)23(26)29/h2-11,20H,1H3. The lowest BCUT2D eigenvalue weighted by molar-refractivity contribution is -0.384. The number of carbonyl (C=O) groups is 1. The van der Waals surface area contributed by atoms with Gasteiger partial charge in [0, 0.05) is 23.4 Å². The smallest absolute Gasteiger partial charge is 0.296 e. The molecule has 0 N–H and O–H groups in total. The Hall–Kier alpha value is -4.04. The molecule has 32 heavy (non-hydrogen) atoms. The molecule has 5 rings (SSSR count). The molecule has 1 atom stereocenters. The van der Waals surface area contributed by atoms with Crippen LogP contribution in [0.25, 0.3) is 11.0 Å². The third-order valence-electron chi connectivity index (χ3n) is 5.39. The van der Waals surface area contributed by atoms with Crippen LogP contribution in [0.2, 0.25) is 5.02 Å². The molecule has 2 aromatic carbocycles. The Bertz CT molecular complexity index is 1460. The highest BCUT2D eigenvalue weighted by molar-refractivity contribution is 6.31. The predicted octanol–water partition coefficient (Wildman–Crippen LogP) is 4.81. The third-order valence-corrected chi connectivity index (χ3v) is 5.63. The van der Waals surface area contributed by atoms with Crippen molar-refractivity contribution in [3.05, 3.63) is 109 Å². The topological polar surface area (TPSA) is 107 Å². The number of benzene rings is 2. The van der Waals surface area contributed by atoms with Gasteiger partial charge in [-0.1, -0.05) is 17.7 Å². The molecule has 0 spiro atoms. The van der Waals surface area contributed by atoms with Gasteiger partial charge in [0.25, 0.3) is 11.6 Å². The summed E-state index contributed by atoms with van der Waals surface area (Å²) in [5.41, 5.74) is 1.30. The fourth-order valence-electron chi connectivity index (χ4n) is 3.88. The average Bonchev–Trinajstić information content (AvgIpc) is 3.07. The van der Waals surface area contributed by atoms with E-state index < -0.39 is 22.3 Å². The highest BCUT2D eigenvalue weighted by atomic mass is 35.5. The maximum atomic E-state index is 13.5. The molecule has 2 aromatic heterocycles. The van der Waals surface area contributed by atoms with Crippen LogP contribution < -0.4 is 10.3 Å². The molecule has 0 bridgehead atoms. The summed E-state index contributed by atoms with van der Waals surface area (Å²) in [4.78, 5) is 43.2. The fraction of sp³-hybridized carbons (Fsp3) is 0.0870. The molecule has 8 nitrogen and oxygen atoms in total. The largest absolute Gasteiger partial charge is 0.450 e. The summed E-state index contributed by atoms with van der Waals surface area (Å²) >= 11 is 6.08. The maximum Gasteiger partial charge on any atom is 0.296 e. The first-order chi connectivity index (χ1) is 15.3. The molecule has 1 aliphatic rings. The quantitative estimate of drug-likeness (QED) is 0.329. The van der Waals surface area contributed by atoms with Crippen molar-refractivity contribution >= 4 is 40.0 Å². The number of anilines is 1. The number of amides is 1. The molecule has 0 saturated heterocycles. The van der Waals surface area contributed by atoms with Gasteiger partial charge in [-0.15, -0.1) is 0 Å². The van der Waals surface area contributed by atoms with Gasteiger partial charge in [-0.3, -0.25) is 24.6 Å². The Morgan fingerprint density at radius 3 is 2.50 bits per heavy atom. The molecule has 0 aliphatic carbocycles. The minimum Gasteiger partial charge on any atom is -0.450 e. The number of non-ortho nitro benzene ring substituents is 1. The molecule has 0 radical (unpaired) electrons. The molecule has 0 fully saturated rings. The van der Waals surface area contributed by atoms with Gasteiger partial charge >= 0.3 is 0 Å². The van der Waals surface area contributed by atoms with Crippen LogP contribution in [0.15, 0.2) is 70.0 Å². The van der Waals surface area contributed by atoms with Crippen molar-refractivity contribution < 1.29 is 14.1 Å². The minimum atomic E-state index is -0.867. The minimum absolute atomic E-state index is 0.0875. The van der Waals surface area contributed by atoms with Gasteiger partial charge in [-0.2, -0.15) is 0 Å². The zero-order chi connectivity index (χ0) is 22.6. The van der Waals surface area contributed by atoms with E-state index in [0.29, 0.717) is 16.4 Å². The molecule has 9 heteroatoms. The Labute approximate surface area is 185 Å². The van der Waals surface area contributed by atoms with Crippen molar-refractivity contribution in [3.8, 4) is 0 Å². The number of aromatic nitrogens is 1. The Balaban J connectivity index is 1.78. The number of nitro benzene ring substituents is 1. The summed E-state index contributed by atoms with van der Waals surface area (Å²) < 4.78 is 5.86. The van der Waals surface area contributed by atoms with Crippen LogP contribution in [0.3, 0.4) is 0 Å². The van der Waals surface area contributed by atoms with Crippen LogP contribution in [0.5, 0.6) is 0 Å². The van der Waals surface area contributed by atoms with Crippen LogP contribution in [0.4, 0.5) is 11.5 Å². The number of hydrogen-bond donors (Lipinski definition) is 0. The van der Waals surface area contributed by atoms with Gasteiger partial charge in [0.05, 0.1) is 21.9 Å². The van der Waals surface area contributed by atoms with E-state index in [1.807, 2.05) is 6.92 Å². The summed E-state index contributed by atoms with van der Waals surface area (Å²) in [6, 6.07) is 12.9. The van der Waals surface area contributed by atoms with Crippen molar-refractivity contribution in [2.24, 2.45) is 0 Å². The lowest BCUT2D eigenvalue weighted by Crippen LogP contribution is -2.30. The number of nitro groups is 1. The molecule has 1 amide bonds. The number of nitrogens with zero attached hydrogens (tertiary/aromatic N) is 3. The number of carbonyl (C=O) groups excluding carboxylic acids is 1. The Kier molecular flexibility index (Phi) is 4.53. The first-order valence-corrected chi connectivity index (χ1v) is 10.00. The average molecular weight is 448 g/mol. The highest BCUT2D eigenvalue weighted by Gasteiger charge is 2.44. The van der Waals surface area contributed by atoms with E-state index >= 15 is 0 Å². The van der Waals surface area contributed by atoms with Gasteiger partial charge in [-0.25, -0.2) is 4.98 Å². The van der Waals surface area contributed by atoms with Gasteiger partial charge in [0.1, 0.15) is 11.4 Å². The summed E-state index contributed by atoms with van der Waals surface area (Å²) in [7, 11) is 0. The number of hydrogen-bond acceptors (Lipinski definition) is 6. The summed E-state index contributed by atoms with van der Waals surface area (Å²) in [6.45, 7) is 1.87. The normalized spacial score (nSPS) is 15.2. The van der Waals surface area contributed by atoms with Crippen molar-refractivity contribution in [1.29, 1.82) is 0 Å². The monoisotopic (exact) mass is 447 g/mol. The number of fused-ring (bicyclic) bond motifs is 2. The van der Waals surface area contributed by atoms with Crippen molar-refractivity contribution in [1.82, 2.24) is 4.98 Å². The first-order valence-electron chi connectivity index (χ1n) is 9.62. The van der Waals surface area contributed by atoms with Gasteiger partial charge < -0.3 is 4.42 Å². The van der Waals surface area contributed by atoms with Crippen LogP contribution in [0, 0.1) is 17.0 Å². The molecule has 3 heterocycles. The summed E-state index contributed by atoms with van der Waals surface area (Å²) in [6.07, 6.45) is 1.62. The van der Waals surface area contributed by atoms with E-state index in [1.165, 1.54) is 35.2 Å². The molecule has 158 valence electrons. The number of halogens is 1. The highest BCUT2D eigenvalue weighted by Crippen LogP contribution is 2.41. The second kappa shape index (κ2) is 7.28. The summed E-state index contributed by atoms with van der Waals surface area (Å²) in [5.74, 6) is -0.277. The predicted molar refractivity (Wildman–Crippen MR) is 118 cm³/mol. The second-order valence-electron chi connectivity index (χ2n) is 7.43. The van der Waals surface area contributed by atoms with E-state index in [9.17, 15) is 19.7 Å². The Morgan fingerprint density at radius 2 is 1.84 bits per heavy atom. The number of aryl methyl sites for hydroxylation is 1. The molecule has 1 unspecified atom stereocenters. The van der Waals surface area contributed by atoms with E-state index in [1.54, 1.807) is 30.5 Å². The lowest BCUT2D eigenvalue weighted by atomic mass is 9.98. The van der Waals surface area contributed by atoms with Crippen LogP contribution in [0.1, 0.15) is 33.3 Å². The molecular weight excluding hydrogens is 434 g/mol. The lowest BCUT2D eigenvalue weighted by Gasteiger charge is -2.24. The second-order valence-corrected chi connectivity index (χ2v) is 7.87. The van der Waals surface area contributed by atoms with Gasteiger partial charge in [-0.05, 0) is 54.4 Å².